The summed E-state index contributed by atoms with van der Waals surface area (Å²) in [5.41, 5.74) is 0. The summed E-state index contributed by atoms with van der Waals surface area (Å²) in [6.45, 7) is 1.53. The van der Waals surface area contributed by atoms with Crippen molar-refractivity contribution in [3.05, 3.63) is 0 Å². The van der Waals surface area contributed by atoms with Crippen LogP contribution >= 0.6 is 0 Å². The van der Waals surface area contributed by atoms with Gasteiger partial charge < -0.3 is 14.2 Å². The minimum atomic E-state index is 0.174. The van der Waals surface area contributed by atoms with Gasteiger partial charge >= 0.3 is 0 Å². The molecule has 0 aromatic rings. The van der Waals surface area contributed by atoms with E-state index in [1.807, 2.05) is 0 Å². The maximum Gasteiger partial charge on any atom is 0.112 e. The Hall–Kier alpha value is -0.120. The first-order valence-electron chi connectivity index (χ1n) is 3.68. The average molecular weight is 144 g/mol. The highest BCUT2D eigenvalue weighted by molar-refractivity contribution is 4.89. The van der Waals surface area contributed by atoms with Crippen LogP contribution in [0.4, 0.5) is 0 Å². The van der Waals surface area contributed by atoms with Crippen molar-refractivity contribution in [3.63, 3.8) is 0 Å². The summed E-state index contributed by atoms with van der Waals surface area (Å²) in [4.78, 5) is 0. The molecule has 2 aliphatic heterocycles. The predicted molar refractivity (Wildman–Crippen MR) is 34.9 cm³/mol. The van der Waals surface area contributed by atoms with Crippen LogP contribution in [0.25, 0.3) is 0 Å². The van der Waals surface area contributed by atoms with Crippen molar-refractivity contribution in [2.45, 2.75) is 24.7 Å². The third-order valence-corrected chi connectivity index (χ3v) is 2.22. The lowest BCUT2D eigenvalue weighted by Gasteiger charge is -2.12. The summed E-state index contributed by atoms with van der Waals surface area (Å²) < 4.78 is 16.0. The molecule has 0 bridgehead atoms. The van der Waals surface area contributed by atoms with Gasteiger partial charge in [-0.3, -0.25) is 0 Å². The molecule has 0 saturated carbocycles. The van der Waals surface area contributed by atoms with E-state index in [4.69, 9.17) is 14.2 Å². The van der Waals surface area contributed by atoms with Gasteiger partial charge in [0.2, 0.25) is 0 Å². The molecular weight excluding hydrogens is 132 g/mol. The van der Waals surface area contributed by atoms with Crippen molar-refractivity contribution >= 4 is 0 Å². The molecule has 3 atom stereocenters. The van der Waals surface area contributed by atoms with Gasteiger partial charge in [-0.2, -0.15) is 0 Å². The zero-order valence-electron chi connectivity index (χ0n) is 6.08. The van der Waals surface area contributed by atoms with Gasteiger partial charge in [0.1, 0.15) is 12.2 Å². The van der Waals surface area contributed by atoms with E-state index < -0.39 is 0 Å². The van der Waals surface area contributed by atoms with Crippen LogP contribution < -0.4 is 0 Å². The molecule has 3 nitrogen and oxygen atoms in total. The van der Waals surface area contributed by atoms with Gasteiger partial charge in [-0.25, -0.2) is 0 Å². The quantitative estimate of drug-likeness (QED) is 0.525. The summed E-state index contributed by atoms with van der Waals surface area (Å²) >= 11 is 0. The Morgan fingerprint density at radius 3 is 3.10 bits per heavy atom. The van der Waals surface area contributed by atoms with E-state index in [2.05, 4.69) is 0 Å². The Balaban J connectivity index is 2.01. The fraction of sp³-hybridized carbons (Fsp3) is 1.00. The SMILES string of the molecule is CO[C@@H]1COC2CCOC21. The third-order valence-electron chi connectivity index (χ3n) is 2.22. The summed E-state index contributed by atoms with van der Waals surface area (Å²) in [5, 5.41) is 0. The van der Waals surface area contributed by atoms with Gasteiger partial charge in [-0.1, -0.05) is 0 Å². The molecule has 2 heterocycles. The minimum absolute atomic E-state index is 0.174. The van der Waals surface area contributed by atoms with Gasteiger partial charge in [0.25, 0.3) is 0 Å². The van der Waals surface area contributed by atoms with E-state index in [9.17, 15) is 0 Å². The smallest absolute Gasteiger partial charge is 0.112 e. The molecule has 2 aliphatic rings. The Morgan fingerprint density at radius 1 is 1.40 bits per heavy atom. The van der Waals surface area contributed by atoms with Gasteiger partial charge in [-0.05, 0) is 6.42 Å². The van der Waals surface area contributed by atoms with Crippen molar-refractivity contribution in [3.8, 4) is 0 Å². The Labute approximate surface area is 60.3 Å². The van der Waals surface area contributed by atoms with Crippen LogP contribution in [0.15, 0.2) is 0 Å². The molecule has 0 aliphatic carbocycles. The molecule has 2 fully saturated rings. The van der Waals surface area contributed by atoms with E-state index >= 15 is 0 Å². The second-order valence-corrected chi connectivity index (χ2v) is 2.77. The number of hydrogen-bond acceptors (Lipinski definition) is 3. The Bertz CT molecular complexity index is 126. The summed E-state index contributed by atoms with van der Waals surface area (Å²) in [7, 11) is 1.71. The zero-order valence-corrected chi connectivity index (χ0v) is 6.08. The monoisotopic (exact) mass is 144 g/mol. The molecule has 58 valence electrons. The van der Waals surface area contributed by atoms with Crippen LogP contribution in [0, 0.1) is 0 Å². The van der Waals surface area contributed by atoms with E-state index in [1.54, 1.807) is 7.11 Å². The van der Waals surface area contributed by atoms with E-state index in [0.29, 0.717) is 12.7 Å². The first-order valence-corrected chi connectivity index (χ1v) is 3.68. The molecule has 0 radical (unpaired) electrons. The number of ether oxygens (including phenoxy) is 3. The van der Waals surface area contributed by atoms with E-state index in [0.717, 1.165) is 13.0 Å². The topological polar surface area (TPSA) is 27.7 Å². The van der Waals surface area contributed by atoms with Crippen molar-refractivity contribution < 1.29 is 14.2 Å². The molecule has 10 heavy (non-hydrogen) atoms. The Kier molecular flexibility index (Phi) is 1.64. The van der Waals surface area contributed by atoms with Gasteiger partial charge in [0.15, 0.2) is 0 Å². The van der Waals surface area contributed by atoms with Crippen molar-refractivity contribution in [2.24, 2.45) is 0 Å². The fourth-order valence-electron chi connectivity index (χ4n) is 1.63. The van der Waals surface area contributed by atoms with E-state index in [1.165, 1.54) is 0 Å². The van der Waals surface area contributed by atoms with Crippen LogP contribution in [0.2, 0.25) is 0 Å². The highest BCUT2D eigenvalue weighted by Gasteiger charge is 2.41. The summed E-state index contributed by atoms with van der Waals surface area (Å²) in [5.74, 6) is 0. The molecule has 2 saturated heterocycles. The maximum absolute atomic E-state index is 5.43. The number of fused-ring (bicyclic) bond motifs is 1. The molecule has 0 amide bonds. The third kappa shape index (κ3) is 0.856. The second-order valence-electron chi connectivity index (χ2n) is 2.77. The maximum atomic E-state index is 5.43. The van der Waals surface area contributed by atoms with Gasteiger partial charge in [0.05, 0.1) is 12.7 Å². The van der Waals surface area contributed by atoms with Gasteiger partial charge in [-0.15, -0.1) is 0 Å². The van der Waals surface area contributed by atoms with Crippen LogP contribution in [0.1, 0.15) is 6.42 Å². The first kappa shape index (κ1) is 6.58. The molecule has 0 aromatic heterocycles. The molecule has 2 rings (SSSR count). The number of hydrogen-bond donors (Lipinski definition) is 0. The van der Waals surface area contributed by atoms with Crippen molar-refractivity contribution in [1.82, 2.24) is 0 Å². The van der Waals surface area contributed by atoms with Crippen LogP contribution in [0.3, 0.4) is 0 Å². The minimum Gasteiger partial charge on any atom is -0.376 e. The molecule has 0 aromatic carbocycles. The lowest BCUT2D eigenvalue weighted by molar-refractivity contribution is -0.00727. The Morgan fingerprint density at radius 2 is 2.30 bits per heavy atom. The highest BCUT2D eigenvalue weighted by Crippen LogP contribution is 2.27. The zero-order chi connectivity index (χ0) is 6.97. The first-order chi connectivity index (χ1) is 4.92. The van der Waals surface area contributed by atoms with Crippen LogP contribution in [-0.2, 0) is 14.2 Å². The lowest BCUT2D eigenvalue weighted by Crippen LogP contribution is -2.28. The summed E-state index contributed by atoms with van der Waals surface area (Å²) in [6.07, 6.45) is 1.73. The standard InChI is InChI=1S/C7H12O3/c1-8-6-4-10-5-2-3-9-7(5)6/h5-7H,2-4H2,1H3/t5?,6-,7?/m1/s1. The molecule has 0 N–H and O–H groups in total. The molecule has 0 spiro atoms. The lowest BCUT2D eigenvalue weighted by atomic mass is 10.1. The fourth-order valence-corrected chi connectivity index (χ4v) is 1.63. The normalized spacial score (nSPS) is 45.9. The van der Waals surface area contributed by atoms with Crippen molar-refractivity contribution in [1.29, 1.82) is 0 Å². The van der Waals surface area contributed by atoms with Crippen LogP contribution in [-0.4, -0.2) is 38.6 Å². The highest BCUT2D eigenvalue weighted by atomic mass is 16.6. The van der Waals surface area contributed by atoms with E-state index in [-0.39, 0.29) is 12.2 Å². The summed E-state index contributed by atoms with van der Waals surface area (Å²) in [6, 6.07) is 0. The second kappa shape index (κ2) is 2.49. The number of methoxy groups -OCH3 is 1. The average Bonchev–Trinajstić information content (AvgIpc) is 2.44. The van der Waals surface area contributed by atoms with Gasteiger partial charge in [0, 0.05) is 13.7 Å². The largest absolute Gasteiger partial charge is 0.376 e. The molecular formula is C7H12O3. The van der Waals surface area contributed by atoms with Crippen LogP contribution in [0.5, 0.6) is 0 Å². The van der Waals surface area contributed by atoms with Crippen molar-refractivity contribution in [2.75, 3.05) is 20.3 Å². The molecule has 2 unspecified atom stereocenters. The predicted octanol–water partition coefficient (Wildman–Crippen LogP) is 0.189. The number of rotatable bonds is 1. The molecule has 3 heteroatoms.